The summed E-state index contributed by atoms with van der Waals surface area (Å²) in [6.07, 6.45) is 2.83. The summed E-state index contributed by atoms with van der Waals surface area (Å²) in [6.45, 7) is 9.43. The molecule has 1 atom stereocenters. The van der Waals surface area contributed by atoms with Gasteiger partial charge in [-0.25, -0.2) is 0 Å². The first-order chi connectivity index (χ1) is 12.1. The Morgan fingerprint density at radius 2 is 1.72 bits per heavy atom. The monoisotopic (exact) mass is 334 g/mol. The Labute approximate surface area is 150 Å². The molecule has 0 aliphatic carbocycles. The molecule has 1 aliphatic heterocycles. The van der Waals surface area contributed by atoms with Crippen LogP contribution in [0.3, 0.4) is 0 Å². The third-order valence-electron chi connectivity index (χ3n) is 5.04. The van der Waals surface area contributed by atoms with Gasteiger partial charge in [0.25, 0.3) is 5.91 Å². The maximum absolute atomic E-state index is 12.8. The summed E-state index contributed by atoms with van der Waals surface area (Å²) in [5, 5.41) is 0. The minimum atomic E-state index is -0.0969. The quantitative estimate of drug-likeness (QED) is 0.772. The summed E-state index contributed by atoms with van der Waals surface area (Å²) >= 11 is 0. The molecule has 1 aliphatic rings. The van der Waals surface area contributed by atoms with Crippen molar-refractivity contribution in [2.24, 2.45) is 0 Å². The van der Waals surface area contributed by atoms with Crippen molar-refractivity contribution >= 4 is 5.91 Å². The zero-order valence-corrected chi connectivity index (χ0v) is 14.9. The van der Waals surface area contributed by atoms with Gasteiger partial charge in [0.2, 0.25) is 0 Å². The average Bonchev–Trinajstić information content (AvgIpc) is 2.64. The molecule has 3 heteroatoms. The lowest BCUT2D eigenvalue weighted by Crippen LogP contribution is -2.61. The highest BCUT2D eigenvalue weighted by Crippen LogP contribution is 2.28. The van der Waals surface area contributed by atoms with E-state index in [0.29, 0.717) is 0 Å². The van der Waals surface area contributed by atoms with E-state index in [0.717, 1.165) is 38.2 Å². The van der Waals surface area contributed by atoms with E-state index in [2.05, 4.69) is 42.7 Å². The zero-order chi connectivity index (χ0) is 17.7. The standard InChI is InChI=1S/C22H26N2O/c1-3-14-22(2)18-23(21(25)20-12-8-5-9-13-20)15-16-24(22)17-19-10-6-4-7-11-19/h3-13H,1,14-18H2,2H3/t22-/m0/s1. The van der Waals surface area contributed by atoms with Crippen molar-refractivity contribution in [1.29, 1.82) is 0 Å². The molecule has 1 amide bonds. The Bertz CT molecular complexity index is 713. The van der Waals surface area contributed by atoms with Crippen molar-refractivity contribution in [3.8, 4) is 0 Å². The second kappa shape index (κ2) is 7.66. The van der Waals surface area contributed by atoms with Gasteiger partial charge in [0.15, 0.2) is 0 Å². The van der Waals surface area contributed by atoms with E-state index in [-0.39, 0.29) is 11.4 Å². The third-order valence-corrected chi connectivity index (χ3v) is 5.04. The van der Waals surface area contributed by atoms with Gasteiger partial charge in [0.05, 0.1) is 0 Å². The van der Waals surface area contributed by atoms with Crippen LogP contribution in [0.15, 0.2) is 73.3 Å². The van der Waals surface area contributed by atoms with Crippen LogP contribution in [0.25, 0.3) is 0 Å². The van der Waals surface area contributed by atoms with Crippen LogP contribution >= 0.6 is 0 Å². The van der Waals surface area contributed by atoms with Crippen molar-refractivity contribution in [2.45, 2.75) is 25.4 Å². The van der Waals surface area contributed by atoms with Gasteiger partial charge in [0, 0.05) is 37.3 Å². The highest BCUT2D eigenvalue weighted by Gasteiger charge is 2.38. The number of benzene rings is 2. The van der Waals surface area contributed by atoms with Gasteiger partial charge in [-0.1, -0.05) is 54.6 Å². The molecule has 130 valence electrons. The Hall–Kier alpha value is -2.39. The summed E-state index contributed by atoms with van der Waals surface area (Å²) in [5.74, 6) is 0.121. The number of nitrogens with zero attached hydrogens (tertiary/aromatic N) is 2. The summed E-state index contributed by atoms with van der Waals surface area (Å²) in [4.78, 5) is 17.3. The zero-order valence-electron chi connectivity index (χ0n) is 14.9. The first-order valence-corrected chi connectivity index (χ1v) is 8.86. The molecule has 0 saturated carbocycles. The molecule has 3 rings (SSSR count). The van der Waals surface area contributed by atoms with Crippen LogP contribution in [0, 0.1) is 0 Å². The Kier molecular flexibility index (Phi) is 5.34. The van der Waals surface area contributed by atoms with E-state index in [9.17, 15) is 4.79 Å². The van der Waals surface area contributed by atoms with Crippen molar-refractivity contribution in [3.05, 3.63) is 84.4 Å². The molecular formula is C22H26N2O. The lowest BCUT2D eigenvalue weighted by molar-refractivity contribution is 0.00613. The molecule has 0 unspecified atom stereocenters. The highest BCUT2D eigenvalue weighted by molar-refractivity contribution is 5.94. The van der Waals surface area contributed by atoms with E-state index in [1.165, 1.54) is 5.56 Å². The Balaban J connectivity index is 1.76. The molecular weight excluding hydrogens is 308 g/mol. The van der Waals surface area contributed by atoms with Crippen LogP contribution in [0.5, 0.6) is 0 Å². The SMILES string of the molecule is C=CC[C@@]1(C)CN(C(=O)c2ccccc2)CCN1Cc1ccccc1. The van der Waals surface area contributed by atoms with Crippen molar-refractivity contribution in [2.75, 3.05) is 19.6 Å². The molecule has 0 spiro atoms. The van der Waals surface area contributed by atoms with E-state index >= 15 is 0 Å². The predicted molar refractivity (Wildman–Crippen MR) is 102 cm³/mol. The van der Waals surface area contributed by atoms with E-state index in [4.69, 9.17) is 0 Å². The minimum absolute atomic E-state index is 0.0969. The van der Waals surface area contributed by atoms with Gasteiger partial charge in [-0.05, 0) is 31.0 Å². The summed E-state index contributed by atoms with van der Waals surface area (Å²) in [7, 11) is 0. The maximum Gasteiger partial charge on any atom is 0.253 e. The Morgan fingerprint density at radius 1 is 1.08 bits per heavy atom. The molecule has 1 heterocycles. The second-order valence-electron chi connectivity index (χ2n) is 6.99. The maximum atomic E-state index is 12.8. The van der Waals surface area contributed by atoms with Crippen LogP contribution in [0.4, 0.5) is 0 Å². The number of rotatable bonds is 5. The average molecular weight is 334 g/mol. The smallest absolute Gasteiger partial charge is 0.253 e. The first-order valence-electron chi connectivity index (χ1n) is 8.86. The van der Waals surface area contributed by atoms with Gasteiger partial charge >= 0.3 is 0 Å². The number of hydrogen-bond donors (Lipinski definition) is 0. The van der Waals surface area contributed by atoms with Gasteiger partial charge < -0.3 is 4.90 Å². The number of amides is 1. The summed E-state index contributed by atoms with van der Waals surface area (Å²) < 4.78 is 0. The lowest BCUT2D eigenvalue weighted by Gasteiger charge is -2.49. The summed E-state index contributed by atoms with van der Waals surface area (Å²) in [5.41, 5.74) is 1.97. The summed E-state index contributed by atoms with van der Waals surface area (Å²) in [6, 6.07) is 20.1. The topological polar surface area (TPSA) is 23.6 Å². The molecule has 0 aromatic heterocycles. The van der Waals surface area contributed by atoms with Crippen molar-refractivity contribution in [3.63, 3.8) is 0 Å². The fraction of sp³-hybridized carbons (Fsp3) is 0.318. The molecule has 2 aromatic carbocycles. The molecule has 3 nitrogen and oxygen atoms in total. The lowest BCUT2D eigenvalue weighted by atomic mass is 9.91. The Morgan fingerprint density at radius 3 is 2.36 bits per heavy atom. The van der Waals surface area contributed by atoms with E-state index < -0.39 is 0 Å². The molecule has 2 aromatic rings. The molecule has 25 heavy (non-hydrogen) atoms. The molecule has 1 saturated heterocycles. The van der Waals surface area contributed by atoms with Crippen LogP contribution < -0.4 is 0 Å². The van der Waals surface area contributed by atoms with E-state index in [1.54, 1.807) is 0 Å². The van der Waals surface area contributed by atoms with Crippen LogP contribution in [0.2, 0.25) is 0 Å². The van der Waals surface area contributed by atoms with Gasteiger partial charge in [-0.2, -0.15) is 0 Å². The van der Waals surface area contributed by atoms with Gasteiger partial charge in [-0.15, -0.1) is 6.58 Å². The molecule has 0 N–H and O–H groups in total. The van der Waals surface area contributed by atoms with E-state index in [1.807, 2.05) is 47.4 Å². The predicted octanol–water partition coefficient (Wildman–Crippen LogP) is 3.98. The number of piperazine rings is 1. The van der Waals surface area contributed by atoms with Crippen LogP contribution in [-0.4, -0.2) is 40.9 Å². The molecule has 1 fully saturated rings. The molecule has 0 radical (unpaired) electrons. The third kappa shape index (κ3) is 3.99. The van der Waals surface area contributed by atoms with Crippen LogP contribution in [-0.2, 0) is 6.54 Å². The molecule has 0 bridgehead atoms. The first kappa shape index (κ1) is 17.4. The van der Waals surface area contributed by atoms with Crippen molar-refractivity contribution < 1.29 is 4.79 Å². The fourth-order valence-corrected chi connectivity index (χ4v) is 3.62. The minimum Gasteiger partial charge on any atom is -0.336 e. The number of hydrogen-bond acceptors (Lipinski definition) is 2. The number of carbonyl (C=O) groups is 1. The normalized spacial score (nSPS) is 21.1. The fourth-order valence-electron chi connectivity index (χ4n) is 3.62. The van der Waals surface area contributed by atoms with Gasteiger partial charge in [0.1, 0.15) is 0 Å². The van der Waals surface area contributed by atoms with Crippen LogP contribution in [0.1, 0.15) is 29.3 Å². The number of carbonyl (C=O) groups excluding carboxylic acids is 1. The van der Waals surface area contributed by atoms with Crippen molar-refractivity contribution in [1.82, 2.24) is 9.80 Å². The second-order valence-corrected chi connectivity index (χ2v) is 6.99. The van der Waals surface area contributed by atoms with Gasteiger partial charge in [-0.3, -0.25) is 9.69 Å². The highest BCUT2D eigenvalue weighted by atomic mass is 16.2. The largest absolute Gasteiger partial charge is 0.336 e.